The summed E-state index contributed by atoms with van der Waals surface area (Å²) < 4.78 is 5.71. The summed E-state index contributed by atoms with van der Waals surface area (Å²) in [5.41, 5.74) is 5.43. The lowest BCUT2D eigenvalue weighted by atomic mass is 9.48. The standard InChI is InChI=1S/C15H28N2O2/c1-10(2)6-5-8-17-13(18)15(16)11-7-9-19-12(11)14(15,3)4/h10-12H,5-9,16H2,1-4H3,(H,17,18). The summed E-state index contributed by atoms with van der Waals surface area (Å²) in [6.45, 7) is 9.95. The largest absolute Gasteiger partial charge is 0.377 e. The van der Waals surface area contributed by atoms with Crippen molar-refractivity contribution in [3.63, 3.8) is 0 Å². The summed E-state index contributed by atoms with van der Waals surface area (Å²) in [6.07, 6.45) is 3.21. The summed E-state index contributed by atoms with van der Waals surface area (Å²) in [6, 6.07) is 0. The monoisotopic (exact) mass is 268 g/mol. The fourth-order valence-corrected chi connectivity index (χ4v) is 3.70. The molecule has 0 aromatic heterocycles. The fourth-order valence-electron chi connectivity index (χ4n) is 3.70. The Bertz CT molecular complexity index is 354. The van der Waals surface area contributed by atoms with Crippen LogP contribution < -0.4 is 11.1 Å². The van der Waals surface area contributed by atoms with Crippen molar-refractivity contribution < 1.29 is 9.53 Å². The van der Waals surface area contributed by atoms with Crippen LogP contribution in [0.1, 0.15) is 47.0 Å². The molecule has 4 heteroatoms. The fraction of sp³-hybridized carbons (Fsp3) is 0.933. The van der Waals surface area contributed by atoms with Crippen molar-refractivity contribution in [2.24, 2.45) is 23.0 Å². The number of nitrogens with two attached hydrogens (primary N) is 1. The molecule has 2 rings (SSSR count). The van der Waals surface area contributed by atoms with Crippen LogP contribution in [0.15, 0.2) is 0 Å². The molecule has 1 amide bonds. The number of amides is 1. The zero-order valence-electron chi connectivity index (χ0n) is 12.7. The van der Waals surface area contributed by atoms with Gasteiger partial charge in [0.05, 0.1) is 6.10 Å². The first-order chi connectivity index (χ1) is 8.81. The molecule has 1 saturated carbocycles. The van der Waals surface area contributed by atoms with Crippen LogP contribution >= 0.6 is 0 Å². The number of hydrogen-bond acceptors (Lipinski definition) is 3. The van der Waals surface area contributed by atoms with E-state index in [9.17, 15) is 4.79 Å². The van der Waals surface area contributed by atoms with Gasteiger partial charge in [0.2, 0.25) is 5.91 Å². The lowest BCUT2D eigenvalue weighted by molar-refractivity contribution is -0.175. The Morgan fingerprint density at radius 1 is 1.47 bits per heavy atom. The highest BCUT2D eigenvalue weighted by molar-refractivity contribution is 5.89. The number of carbonyl (C=O) groups excluding carboxylic acids is 1. The van der Waals surface area contributed by atoms with Crippen molar-refractivity contribution in [1.29, 1.82) is 0 Å². The van der Waals surface area contributed by atoms with Crippen LogP contribution in [0.25, 0.3) is 0 Å². The third-order valence-electron chi connectivity index (χ3n) is 5.07. The summed E-state index contributed by atoms with van der Waals surface area (Å²) >= 11 is 0. The molecule has 3 N–H and O–H groups in total. The zero-order valence-corrected chi connectivity index (χ0v) is 12.7. The summed E-state index contributed by atoms with van der Waals surface area (Å²) in [4.78, 5) is 12.5. The second-order valence-electron chi connectivity index (χ2n) is 7.07. The molecule has 0 spiro atoms. The second kappa shape index (κ2) is 5.06. The van der Waals surface area contributed by atoms with E-state index >= 15 is 0 Å². The van der Waals surface area contributed by atoms with Gasteiger partial charge in [-0.15, -0.1) is 0 Å². The molecule has 0 aromatic carbocycles. The molecule has 110 valence electrons. The number of fused-ring (bicyclic) bond motifs is 1. The number of carbonyl (C=O) groups is 1. The summed E-state index contributed by atoms with van der Waals surface area (Å²) in [7, 11) is 0. The van der Waals surface area contributed by atoms with Crippen LogP contribution in [0.5, 0.6) is 0 Å². The van der Waals surface area contributed by atoms with E-state index in [1.54, 1.807) is 0 Å². The first-order valence-corrected chi connectivity index (χ1v) is 7.50. The van der Waals surface area contributed by atoms with Gasteiger partial charge in [0.15, 0.2) is 0 Å². The Balaban J connectivity index is 1.91. The predicted octanol–water partition coefficient (Wildman–Crippen LogP) is 1.68. The van der Waals surface area contributed by atoms with E-state index in [4.69, 9.17) is 10.5 Å². The molecule has 2 fully saturated rings. The molecule has 1 heterocycles. The van der Waals surface area contributed by atoms with Gasteiger partial charge in [0.1, 0.15) is 5.54 Å². The molecule has 4 nitrogen and oxygen atoms in total. The Labute approximate surface area is 116 Å². The molecule has 1 saturated heterocycles. The van der Waals surface area contributed by atoms with E-state index < -0.39 is 5.54 Å². The average Bonchev–Trinajstić information content (AvgIpc) is 2.80. The van der Waals surface area contributed by atoms with Crippen LogP contribution in [-0.2, 0) is 9.53 Å². The van der Waals surface area contributed by atoms with Crippen LogP contribution in [-0.4, -0.2) is 30.7 Å². The predicted molar refractivity (Wildman–Crippen MR) is 75.6 cm³/mol. The first-order valence-electron chi connectivity index (χ1n) is 7.50. The van der Waals surface area contributed by atoms with Crippen LogP contribution in [0.3, 0.4) is 0 Å². The molecule has 0 aromatic rings. The number of rotatable bonds is 5. The minimum atomic E-state index is -0.758. The molecule has 2 aliphatic rings. The maximum atomic E-state index is 12.5. The first kappa shape index (κ1) is 14.8. The van der Waals surface area contributed by atoms with Crippen molar-refractivity contribution >= 4 is 5.91 Å². The smallest absolute Gasteiger partial charge is 0.241 e. The lowest BCUT2D eigenvalue weighted by Crippen LogP contribution is -2.80. The number of nitrogens with one attached hydrogen (secondary N) is 1. The quantitative estimate of drug-likeness (QED) is 0.746. The summed E-state index contributed by atoms with van der Waals surface area (Å²) in [5, 5.41) is 3.03. The Morgan fingerprint density at radius 3 is 2.79 bits per heavy atom. The maximum absolute atomic E-state index is 12.5. The van der Waals surface area contributed by atoms with Gasteiger partial charge in [-0.1, -0.05) is 27.7 Å². The van der Waals surface area contributed by atoms with Gasteiger partial charge in [0.25, 0.3) is 0 Å². The van der Waals surface area contributed by atoms with E-state index in [0.717, 1.165) is 32.4 Å². The molecular formula is C15H28N2O2. The van der Waals surface area contributed by atoms with E-state index in [1.807, 2.05) is 13.8 Å². The minimum Gasteiger partial charge on any atom is -0.377 e. The number of ether oxygens (including phenoxy) is 1. The van der Waals surface area contributed by atoms with Crippen LogP contribution in [0.4, 0.5) is 0 Å². The van der Waals surface area contributed by atoms with Crippen molar-refractivity contribution in [1.82, 2.24) is 5.32 Å². The molecule has 1 aliphatic heterocycles. The van der Waals surface area contributed by atoms with Gasteiger partial charge in [0, 0.05) is 24.5 Å². The normalized spacial score (nSPS) is 35.9. The van der Waals surface area contributed by atoms with E-state index in [0.29, 0.717) is 5.92 Å². The molecule has 0 radical (unpaired) electrons. The van der Waals surface area contributed by atoms with Crippen molar-refractivity contribution in [2.75, 3.05) is 13.2 Å². The highest BCUT2D eigenvalue weighted by Crippen LogP contribution is 2.58. The van der Waals surface area contributed by atoms with Crippen LogP contribution in [0, 0.1) is 17.3 Å². The Hall–Kier alpha value is -0.610. The van der Waals surface area contributed by atoms with Gasteiger partial charge in [-0.05, 0) is 25.2 Å². The van der Waals surface area contributed by atoms with E-state index in [2.05, 4.69) is 19.2 Å². The second-order valence-corrected chi connectivity index (χ2v) is 7.07. The highest BCUT2D eigenvalue weighted by Gasteiger charge is 2.71. The van der Waals surface area contributed by atoms with Crippen molar-refractivity contribution in [2.45, 2.75) is 58.6 Å². The average molecular weight is 268 g/mol. The molecule has 0 bridgehead atoms. The molecule has 3 atom stereocenters. The minimum absolute atomic E-state index is 0.00741. The lowest BCUT2D eigenvalue weighted by Gasteiger charge is -2.60. The van der Waals surface area contributed by atoms with E-state index in [-0.39, 0.29) is 23.3 Å². The van der Waals surface area contributed by atoms with Crippen molar-refractivity contribution in [3.8, 4) is 0 Å². The Kier molecular flexibility index (Phi) is 3.94. The van der Waals surface area contributed by atoms with Gasteiger partial charge in [-0.2, -0.15) is 0 Å². The maximum Gasteiger partial charge on any atom is 0.241 e. The Morgan fingerprint density at radius 2 is 2.16 bits per heavy atom. The van der Waals surface area contributed by atoms with Gasteiger partial charge in [-0.3, -0.25) is 4.79 Å². The zero-order chi connectivity index (χ0) is 14.3. The van der Waals surface area contributed by atoms with Gasteiger partial charge < -0.3 is 15.8 Å². The van der Waals surface area contributed by atoms with Crippen molar-refractivity contribution in [3.05, 3.63) is 0 Å². The molecule has 1 aliphatic carbocycles. The molecule has 3 unspecified atom stereocenters. The summed E-state index contributed by atoms with van der Waals surface area (Å²) in [5.74, 6) is 0.872. The van der Waals surface area contributed by atoms with Gasteiger partial charge >= 0.3 is 0 Å². The third kappa shape index (κ3) is 2.19. The molecular weight excluding hydrogens is 240 g/mol. The van der Waals surface area contributed by atoms with Crippen LogP contribution in [0.2, 0.25) is 0 Å². The number of hydrogen-bond donors (Lipinski definition) is 2. The SMILES string of the molecule is CC(C)CCCNC(=O)C1(N)C2CCOC2C1(C)C. The van der Waals surface area contributed by atoms with E-state index in [1.165, 1.54) is 0 Å². The third-order valence-corrected chi connectivity index (χ3v) is 5.07. The van der Waals surface area contributed by atoms with Gasteiger partial charge in [-0.25, -0.2) is 0 Å². The highest BCUT2D eigenvalue weighted by atomic mass is 16.5. The topological polar surface area (TPSA) is 64.4 Å². The molecule has 19 heavy (non-hydrogen) atoms.